The van der Waals surface area contributed by atoms with E-state index in [-0.39, 0.29) is 17.6 Å². The van der Waals surface area contributed by atoms with Crippen molar-refractivity contribution in [3.05, 3.63) is 11.9 Å². The molecule has 0 rings (SSSR count). The van der Waals surface area contributed by atoms with E-state index in [1.807, 2.05) is 0 Å². The molecule has 0 radical (unpaired) electrons. The summed E-state index contributed by atoms with van der Waals surface area (Å²) in [5, 5.41) is -0.0995. The second-order valence-corrected chi connectivity index (χ2v) is 3.65. The Kier molecular flexibility index (Phi) is 3.44. The number of halogens is 1. The molecule has 0 heterocycles. The number of rotatable bonds is 3. The highest BCUT2D eigenvalue weighted by Gasteiger charge is 2.16. The van der Waals surface area contributed by atoms with Gasteiger partial charge in [-0.3, -0.25) is 4.57 Å². The van der Waals surface area contributed by atoms with Crippen LogP contribution in [0, 0.1) is 0 Å². The SMILES string of the molecule is C=C(CCCl)P(=O)(O)O. The van der Waals surface area contributed by atoms with E-state index in [1.165, 1.54) is 0 Å². The van der Waals surface area contributed by atoms with Gasteiger partial charge in [-0.2, -0.15) is 0 Å². The van der Waals surface area contributed by atoms with Crippen LogP contribution in [0.5, 0.6) is 0 Å². The molecule has 0 saturated carbocycles. The van der Waals surface area contributed by atoms with E-state index in [2.05, 4.69) is 6.58 Å². The van der Waals surface area contributed by atoms with Crippen molar-refractivity contribution < 1.29 is 14.4 Å². The van der Waals surface area contributed by atoms with E-state index < -0.39 is 7.60 Å². The molecular formula is C4H8ClO3P. The molecule has 0 fully saturated rings. The van der Waals surface area contributed by atoms with Crippen LogP contribution in [0.25, 0.3) is 0 Å². The highest BCUT2D eigenvalue weighted by molar-refractivity contribution is 7.56. The van der Waals surface area contributed by atoms with Crippen molar-refractivity contribution >= 4 is 19.2 Å². The molecule has 0 spiro atoms. The first-order valence-electron chi connectivity index (χ1n) is 2.28. The van der Waals surface area contributed by atoms with Crippen molar-refractivity contribution in [2.75, 3.05) is 5.88 Å². The molecule has 0 amide bonds. The van der Waals surface area contributed by atoms with Gasteiger partial charge in [-0.05, 0) is 6.42 Å². The average Bonchev–Trinajstić information content (AvgIpc) is 1.64. The quantitative estimate of drug-likeness (QED) is 0.496. The van der Waals surface area contributed by atoms with Gasteiger partial charge in [0.15, 0.2) is 0 Å². The van der Waals surface area contributed by atoms with Crippen LogP contribution < -0.4 is 0 Å². The van der Waals surface area contributed by atoms with Crippen LogP contribution in [-0.2, 0) is 4.57 Å². The molecule has 0 aliphatic carbocycles. The van der Waals surface area contributed by atoms with Crippen molar-refractivity contribution in [1.29, 1.82) is 0 Å². The van der Waals surface area contributed by atoms with Gasteiger partial charge in [-0.15, -0.1) is 11.6 Å². The normalized spacial score (nSPS) is 11.4. The summed E-state index contributed by atoms with van der Waals surface area (Å²) in [6.45, 7) is 3.17. The van der Waals surface area contributed by atoms with Crippen molar-refractivity contribution in [3.63, 3.8) is 0 Å². The molecule has 0 saturated heterocycles. The molecule has 9 heavy (non-hydrogen) atoms. The van der Waals surface area contributed by atoms with Crippen LogP contribution in [0.1, 0.15) is 6.42 Å². The largest absolute Gasteiger partial charge is 0.351 e. The fourth-order valence-electron chi connectivity index (χ4n) is 0.255. The zero-order valence-corrected chi connectivity index (χ0v) is 6.40. The van der Waals surface area contributed by atoms with Crippen molar-refractivity contribution in [2.45, 2.75) is 6.42 Å². The molecule has 3 nitrogen and oxygen atoms in total. The van der Waals surface area contributed by atoms with Crippen LogP contribution in [0.2, 0.25) is 0 Å². The van der Waals surface area contributed by atoms with Gasteiger partial charge in [0.05, 0.1) is 0 Å². The molecule has 0 aromatic heterocycles. The van der Waals surface area contributed by atoms with E-state index >= 15 is 0 Å². The van der Waals surface area contributed by atoms with Crippen LogP contribution in [-0.4, -0.2) is 15.7 Å². The molecule has 0 bridgehead atoms. The molecule has 0 atom stereocenters. The lowest BCUT2D eigenvalue weighted by Crippen LogP contribution is -1.84. The van der Waals surface area contributed by atoms with Crippen molar-refractivity contribution in [3.8, 4) is 0 Å². The van der Waals surface area contributed by atoms with Gasteiger partial charge in [0.1, 0.15) is 0 Å². The smallest absolute Gasteiger partial charge is 0.321 e. The lowest BCUT2D eigenvalue weighted by Gasteiger charge is -2.03. The van der Waals surface area contributed by atoms with E-state index in [4.69, 9.17) is 21.4 Å². The first-order valence-corrected chi connectivity index (χ1v) is 4.43. The average molecular weight is 171 g/mol. The summed E-state index contributed by atoms with van der Waals surface area (Å²) < 4.78 is 10.3. The Hall–Kier alpha value is 0.180. The number of hydrogen-bond acceptors (Lipinski definition) is 1. The van der Waals surface area contributed by atoms with Gasteiger partial charge < -0.3 is 9.79 Å². The maximum atomic E-state index is 10.3. The fraction of sp³-hybridized carbons (Fsp3) is 0.500. The maximum absolute atomic E-state index is 10.3. The summed E-state index contributed by atoms with van der Waals surface area (Å²) in [5.41, 5.74) is 0. The Morgan fingerprint density at radius 3 is 2.22 bits per heavy atom. The molecule has 5 heteroatoms. The van der Waals surface area contributed by atoms with Crippen LogP contribution in [0.15, 0.2) is 11.9 Å². The van der Waals surface area contributed by atoms with Gasteiger partial charge >= 0.3 is 7.60 Å². The van der Waals surface area contributed by atoms with Gasteiger partial charge in [0.25, 0.3) is 0 Å². The van der Waals surface area contributed by atoms with Gasteiger partial charge in [0, 0.05) is 11.2 Å². The Balaban J connectivity index is 3.90. The van der Waals surface area contributed by atoms with Crippen molar-refractivity contribution in [1.82, 2.24) is 0 Å². The Labute approximate surface area is 58.5 Å². The molecule has 0 aromatic rings. The fourth-order valence-corrected chi connectivity index (χ4v) is 1.02. The molecule has 0 unspecified atom stereocenters. The minimum absolute atomic E-state index is 0.0995. The highest BCUT2D eigenvalue weighted by atomic mass is 35.5. The first-order chi connectivity index (χ1) is 3.98. The highest BCUT2D eigenvalue weighted by Crippen LogP contribution is 2.45. The third-order valence-electron chi connectivity index (χ3n) is 0.795. The molecular weight excluding hydrogens is 162 g/mol. The summed E-state index contributed by atoms with van der Waals surface area (Å²) in [6.07, 6.45) is 0.172. The van der Waals surface area contributed by atoms with Crippen molar-refractivity contribution in [2.24, 2.45) is 0 Å². The third-order valence-corrected chi connectivity index (χ3v) is 2.03. The monoisotopic (exact) mass is 170 g/mol. The van der Waals surface area contributed by atoms with E-state index in [9.17, 15) is 4.57 Å². The number of alkyl halides is 1. The Morgan fingerprint density at radius 2 is 2.11 bits per heavy atom. The predicted molar refractivity (Wildman–Crippen MR) is 36.5 cm³/mol. The predicted octanol–water partition coefficient (Wildman–Crippen LogP) is 1.31. The lowest BCUT2D eigenvalue weighted by molar-refractivity contribution is 0.381. The molecule has 2 N–H and O–H groups in total. The third kappa shape index (κ3) is 3.71. The maximum Gasteiger partial charge on any atom is 0.351 e. The molecule has 54 valence electrons. The van der Waals surface area contributed by atoms with Crippen LogP contribution in [0.4, 0.5) is 0 Å². The summed E-state index contributed by atoms with van der Waals surface area (Å²) in [6, 6.07) is 0. The van der Waals surface area contributed by atoms with Gasteiger partial charge in [-0.1, -0.05) is 6.58 Å². The van der Waals surface area contributed by atoms with E-state index in [1.54, 1.807) is 0 Å². The standard InChI is InChI=1S/C4H8ClO3P/c1-4(2-3-5)9(6,7)8/h1-3H2,(H2,6,7,8). The Bertz CT molecular complexity index is 150. The lowest BCUT2D eigenvalue weighted by atomic mass is 10.5. The molecule has 0 aromatic carbocycles. The summed E-state index contributed by atoms with van der Waals surface area (Å²) in [7, 11) is -4.05. The first kappa shape index (κ1) is 9.18. The second-order valence-electron chi connectivity index (χ2n) is 1.55. The van der Waals surface area contributed by atoms with E-state index in [0.717, 1.165) is 0 Å². The molecule has 0 aliphatic rings. The summed E-state index contributed by atoms with van der Waals surface area (Å²) in [4.78, 5) is 16.7. The van der Waals surface area contributed by atoms with Crippen LogP contribution >= 0.6 is 19.2 Å². The zero-order chi connectivity index (χ0) is 7.49. The van der Waals surface area contributed by atoms with Gasteiger partial charge in [-0.25, -0.2) is 0 Å². The Morgan fingerprint density at radius 1 is 1.67 bits per heavy atom. The summed E-state index contributed by atoms with van der Waals surface area (Å²) in [5.74, 6) is 0.198. The minimum Gasteiger partial charge on any atom is -0.321 e. The molecule has 0 aliphatic heterocycles. The van der Waals surface area contributed by atoms with Gasteiger partial charge in [0.2, 0.25) is 0 Å². The van der Waals surface area contributed by atoms with E-state index in [0.29, 0.717) is 0 Å². The summed E-state index contributed by atoms with van der Waals surface area (Å²) >= 11 is 5.20. The topological polar surface area (TPSA) is 57.5 Å². The minimum atomic E-state index is -4.05. The second kappa shape index (κ2) is 3.37. The number of allylic oxidation sites excluding steroid dienone is 1. The van der Waals surface area contributed by atoms with Crippen LogP contribution in [0.3, 0.4) is 0 Å². The number of hydrogen-bond donors (Lipinski definition) is 2. The zero-order valence-electron chi connectivity index (χ0n) is 4.75.